The van der Waals surface area contributed by atoms with Crippen LogP contribution >= 0.6 is 34.4 Å². The van der Waals surface area contributed by atoms with Gasteiger partial charge in [-0.15, -0.1) is 21.5 Å². The van der Waals surface area contributed by atoms with Gasteiger partial charge in [-0.1, -0.05) is 55.1 Å². The summed E-state index contributed by atoms with van der Waals surface area (Å²) >= 11 is 4.48. The summed E-state index contributed by atoms with van der Waals surface area (Å²) in [6.07, 6.45) is 0. The number of amides is 1. The Hall–Kier alpha value is -1.90. The average Bonchev–Trinajstić information content (AvgIpc) is 3.30. The molecule has 0 bridgehead atoms. The highest BCUT2D eigenvalue weighted by Crippen LogP contribution is 2.28. The van der Waals surface area contributed by atoms with Crippen molar-refractivity contribution in [2.75, 3.05) is 11.1 Å². The first kappa shape index (κ1) is 18.9. The fourth-order valence-electron chi connectivity index (χ4n) is 2.17. The lowest BCUT2D eigenvalue weighted by Gasteiger charge is -2.06. The zero-order chi connectivity index (χ0) is 18.4. The molecule has 0 radical (unpaired) electrons. The van der Waals surface area contributed by atoms with Gasteiger partial charge in [-0.2, -0.15) is 0 Å². The zero-order valence-corrected chi connectivity index (χ0v) is 17.0. The van der Waals surface area contributed by atoms with E-state index < -0.39 is 0 Å². The smallest absolute Gasteiger partial charge is 0.230 e. The van der Waals surface area contributed by atoms with E-state index in [1.165, 1.54) is 28.7 Å². The first-order chi connectivity index (χ1) is 12.6. The van der Waals surface area contributed by atoms with E-state index in [2.05, 4.69) is 46.8 Å². The Morgan fingerprint density at radius 1 is 1.19 bits per heavy atom. The fraction of sp³-hybridized carbons (Fsp3) is 0.278. The van der Waals surface area contributed by atoms with E-state index in [1.807, 2.05) is 29.6 Å². The number of hydrogen-bond donors (Lipinski definition) is 2. The van der Waals surface area contributed by atoms with Crippen molar-refractivity contribution in [3.63, 3.8) is 0 Å². The normalized spacial score (nSPS) is 10.9. The molecule has 1 amide bonds. The molecular weight excluding hydrogens is 384 g/mol. The Bertz CT molecular complexity index is 829. The number of hydrogen-bond acceptors (Lipinski definition) is 7. The van der Waals surface area contributed by atoms with Crippen LogP contribution in [0.4, 0.5) is 10.8 Å². The number of aromatic nitrogens is 2. The Kier molecular flexibility index (Phi) is 6.65. The zero-order valence-electron chi connectivity index (χ0n) is 14.6. The number of carbonyl (C=O) groups is 1. The van der Waals surface area contributed by atoms with E-state index in [-0.39, 0.29) is 5.91 Å². The molecular formula is C18H20N4OS3. The molecule has 26 heavy (non-hydrogen) atoms. The molecule has 136 valence electrons. The topological polar surface area (TPSA) is 66.9 Å². The fourth-order valence-corrected chi connectivity index (χ4v) is 4.42. The average molecular weight is 405 g/mol. The summed E-state index contributed by atoms with van der Waals surface area (Å²) in [5.74, 6) is 0.847. The van der Waals surface area contributed by atoms with E-state index in [4.69, 9.17) is 0 Å². The Balaban J connectivity index is 1.46. The summed E-state index contributed by atoms with van der Waals surface area (Å²) in [5, 5.41) is 17.2. The molecule has 2 N–H and O–H groups in total. The van der Waals surface area contributed by atoms with Crippen molar-refractivity contribution in [3.05, 3.63) is 52.2 Å². The molecule has 5 nitrogen and oxygen atoms in total. The Labute approximate surface area is 165 Å². The van der Waals surface area contributed by atoms with E-state index in [9.17, 15) is 4.79 Å². The lowest BCUT2D eigenvalue weighted by atomic mass is 10.0. The van der Waals surface area contributed by atoms with Gasteiger partial charge in [0.05, 0.1) is 12.3 Å². The number of nitrogens with zero attached hydrogens (tertiary/aromatic N) is 2. The van der Waals surface area contributed by atoms with Crippen LogP contribution in [0, 0.1) is 0 Å². The second-order valence-corrected chi connectivity index (χ2v) is 9.15. The monoisotopic (exact) mass is 404 g/mol. The summed E-state index contributed by atoms with van der Waals surface area (Å²) < 4.78 is 0.776. The maximum Gasteiger partial charge on any atom is 0.230 e. The van der Waals surface area contributed by atoms with Crippen molar-refractivity contribution in [2.24, 2.45) is 0 Å². The predicted octanol–water partition coefficient (Wildman–Crippen LogP) is 4.88. The van der Waals surface area contributed by atoms with Gasteiger partial charge < -0.3 is 10.6 Å². The molecule has 0 saturated carbocycles. The number of thiophene rings is 1. The van der Waals surface area contributed by atoms with Gasteiger partial charge in [0.25, 0.3) is 0 Å². The highest BCUT2D eigenvalue weighted by molar-refractivity contribution is 8.01. The number of nitrogens with one attached hydrogen (secondary N) is 2. The van der Waals surface area contributed by atoms with Gasteiger partial charge in [-0.25, -0.2) is 0 Å². The molecule has 8 heteroatoms. The van der Waals surface area contributed by atoms with Gasteiger partial charge in [0.1, 0.15) is 0 Å². The maximum atomic E-state index is 11.9. The number of benzene rings is 1. The molecule has 0 aliphatic heterocycles. The standard InChI is InChI=1S/C18H20N4OS3/c1-12(2)13-5-7-14(8-6-13)20-17-21-22-18(26-17)25-11-16(23)19-10-15-4-3-9-24-15/h3-9,12H,10-11H2,1-2H3,(H,19,23)(H,20,21). The summed E-state index contributed by atoms with van der Waals surface area (Å²) in [7, 11) is 0. The summed E-state index contributed by atoms with van der Waals surface area (Å²) in [4.78, 5) is 13.1. The molecule has 2 aromatic heterocycles. The molecule has 2 heterocycles. The number of anilines is 2. The molecule has 0 fully saturated rings. The van der Waals surface area contributed by atoms with Gasteiger partial charge in [-0.05, 0) is 35.1 Å². The molecule has 3 aromatic rings. The van der Waals surface area contributed by atoms with Crippen LogP contribution in [0.1, 0.15) is 30.2 Å². The summed E-state index contributed by atoms with van der Waals surface area (Å²) in [6.45, 7) is 4.92. The molecule has 1 aromatic carbocycles. The SMILES string of the molecule is CC(C)c1ccc(Nc2nnc(SCC(=O)NCc3cccs3)s2)cc1. The van der Waals surface area contributed by atoms with Crippen molar-refractivity contribution in [2.45, 2.75) is 30.6 Å². The number of thioether (sulfide) groups is 1. The Morgan fingerprint density at radius 3 is 2.69 bits per heavy atom. The number of carbonyl (C=O) groups excluding carboxylic acids is 1. The van der Waals surface area contributed by atoms with Crippen LogP contribution in [-0.2, 0) is 11.3 Å². The molecule has 0 unspecified atom stereocenters. The quantitative estimate of drug-likeness (QED) is 0.524. The molecule has 3 rings (SSSR count). The number of rotatable bonds is 8. The van der Waals surface area contributed by atoms with Crippen molar-refractivity contribution in [1.82, 2.24) is 15.5 Å². The maximum absolute atomic E-state index is 11.9. The van der Waals surface area contributed by atoms with Crippen molar-refractivity contribution in [3.8, 4) is 0 Å². The highest BCUT2D eigenvalue weighted by Gasteiger charge is 2.09. The first-order valence-corrected chi connectivity index (χ1v) is 10.9. The highest BCUT2D eigenvalue weighted by atomic mass is 32.2. The minimum absolute atomic E-state index is 0.00242. The van der Waals surface area contributed by atoms with Crippen LogP contribution in [-0.4, -0.2) is 21.9 Å². The van der Waals surface area contributed by atoms with E-state index >= 15 is 0 Å². The van der Waals surface area contributed by atoms with E-state index in [0.29, 0.717) is 18.2 Å². The van der Waals surface area contributed by atoms with Gasteiger partial charge in [-0.3, -0.25) is 4.79 Å². The second-order valence-electron chi connectivity index (χ2n) is 5.92. The Morgan fingerprint density at radius 2 is 2.00 bits per heavy atom. The molecule has 0 spiro atoms. The summed E-state index contributed by atoms with van der Waals surface area (Å²) in [6, 6.07) is 12.3. The van der Waals surface area contributed by atoms with Crippen LogP contribution < -0.4 is 10.6 Å². The molecule has 0 saturated heterocycles. The molecule has 0 aliphatic carbocycles. The molecule has 0 atom stereocenters. The van der Waals surface area contributed by atoms with Gasteiger partial charge >= 0.3 is 0 Å². The first-order valence-electron chi connectivity index (χ1n) is 8.22. The largest absolute Gasteiger partial charge is 0.350 e. The molecule has 0 aliphatic rings. The van der Waals surface area contributed by atoms with E-state index in [1.54, 1.807) is 11.3 Å². The minimum atomic E-state index is -0.00242. The third kappa shape index (κ3) is 5.55. The van der Waals surface area contributed by atoms with Crippen LogP contribution in [0.2, 0.25) is 0 Å². The third-order valence-corrected chi connectivity index (χ3v) is 6.45. The van der Waals surface area contributed by atoms with Crippen LogP contribution in [0.5, 0.6) is 0 Å². The van der Waals surface area contributed by atoms with Crippen molar-refractivity contribution in [1.29, 1.82) is 0 Å². The van der Waals surface area contributed by atoms with Gasteiger partial charge in [0.2, 0.25) is 11.0 Å². The van der Waals surface area contributed by atoms with Gasteiger partial charge in [0.15, 0.2) is 4.34 Å². The minimum Gasteiger partial charge on any atom is -0.350 e. The summed E-state index contributed by atoms with van der Waals surface area (Å²) in [5.41, 5.74) is 2.29. The van der Waals surface area contributed by atoms with Crippen LogP contribution in [0.25, 0.3) is 0 Å². The van der Waals surface area contributed by atoms with Crippen LogP contribution in [0.15, 0.2) is 46.1 Å². The third-order valence-electron chi connectivity index (χ3n) is 3.60. The lowest BCUT2D eigenvalue weighted by Crippen LogP contribution is -2.24. The predicted molar refractivity (Wildman–Crippen MR) is 111 cm³/mol. The second kappa shape index (κ2) is 9.16. The van der Waals surface area contributed by atoms with Crippen molar-refractivity contribution >= 4 is 51.2 Å². The van der Waals surface area contributed by atoms with Crippen LogP contribution in [0.3, 0.4) is 0 Å². The lowest BCUT2D eigenvalue weighted by molar-refractivity contribution is -0.118. The van der Waals surface area contributed by atoms with Gasteiger partial charge in [0, 0.05) is 10.6 Å². The van der Waals surface area contributed by atoms with E-state index in [0.717, 1.165) is 20.0 Å². The van der Waals surface area contributed by atoms with Crippen molar-refractivity contribution < 1.29 is 4.79 Å².